The second-order valence-corrected chi connectivity index (χ2v) is 5.59. The molecule has 0 saturated heterocycles. The summed E-state index contributed by atoms with van der Waals surface area (Å²) < 4.78 is 0. The molecule has 0 radical (unpaired) electrons. The van der Waals surface area contributed by atoms with Crippen LogP contribution in [0.3, 0.4) is 0 Å². The van der Waals surface area contributed by atoms with Crippen molar-refractivity contribution in [3.63, 3.8) is 0 Å². The first kappa shape index (κ1) is 14.2. The minimum absolute atomic E-state index is 0.197. The number of rotatable bonds is 3. The van der Waals surface area contributed by atoms with Crippen molar-refractivity contribution in [3.8, 4) is 11.5 Å². The Bertz CT molecular complexity index is 980. The molecule has 118 valence electrons. The number of hydrogen-bond donors (Lipinski definition) is 3. The number of nitrogens with one attached hydrogen (secondary N) is 3. The van der Waals surface area contributed by atoms with Crippen LogP contribution >= 0.6 is 0 Å². The molecule has 6 heteroatoms. The molecule has 0 bridgehead atoms. The summed E-state index contributed by atoms with van der Waals surface area (Å²) in [4.78, 5) is 19.9. The van der Waals surface area contributed by atoms with E-state index < -0.39 is 0 Å². The first-order chi connectivity index (χ1) is 11.7. The van der Waals surface area contributed by atoms with Crippen LogP contribution < -0.4 is 5.32 Å². The van der Waals surface area contributed by atoms with E-state index in [2.05, 4.69) is 25.5 Å². The number of fused-ring (bicyclic) bond motifs is 1. The van der Waals surface area contributed by atoms with Crippen LogP contribution in [0.5, 0.6) is 0 Å². The molecule has 0 aliphatic rings. The molecule has 3 N–H and O–H groups in total. The molecule has 0 saturated carbocycles. The lowest BCUT2D eigenvalue weighted by Gasteiger charge is -2.01. The highest BCUT2D eigenvalue weighted by Gasteiger charge is 2.11. The zero-order valence-electron chi connectivity index (χ0n) is 13.0. The number of aromatic nitrogens is 4. The molecule has 0 unspecified atom stereocenters. The highest BCUT2D eigenvalue weighted by atomic mass is 16.1. The van der Waals surface area contributed by atoms with E-state index in [0.29, 0.717) is 22.9 Å². The van der Waals surface area contributed by atoms with Crippen molar-refractivity contribution in [2.24, 2.45) is 0 Å². The maximum Gasteiger partial charge on any atom is 0.256 e. The summed E-state index contributed by atoms with van der Waals surface area (Å²) in [6, 6.07) is 16.9. The molecule has 4 aromatic rings. The Morgan fingerprint density at radius 3 is 2.67 bits per heavy atom. The second kappa shape index (κ2) is 5.66. The fourth-order valence-corrected chi connectivity index (χ4v) is 2.48. The van der Waals surface area contributed by atoms with Gasteiger partial charge in [0.25, 0.3) is 5.91 Å². The molecule has 4 rings (SSSR count). The van der Waals surface area contributed by atoms with Crippen LogP contribution in [0.25, 0.3) is 22.6 Å². The van der Waals surface area contributed by atoms with Crippen molar-refractivity contribution < 1.29 is 4.79 Å². The zero-order valence-corrected chi connectivity index (χ0v) is 13.0. The maximum absolute atomic E-state index is 12.2. The van der Waals surface area contributed by atoms with Gasteiger partial charge >= 0.3 is 0 Å². The zero-order chi connectivity index (χ0) is 16.5. The Labute approximate surface area is 137 Å². The van der Waals surface area contributed by atoms with Crippen LogP contribution in [0.15, 0.2) is 54.6 Å². The number of hydrogen-bond acceptors (Lipinski definition) is 3. The van der Waals surface area contributed by atoms with Crippen molar-refractivity contribution in [1.82, 2.24) is 20.2 Å². The van der Waals surface area contributed by atoms with Crippen molar-refractivity contribution >= 4 is 22.8 Å². The Balaban J connectivity index is 1.56. The summed E-state index contributed by atoms with van der Waals surface area (Å²) in [5, 5.41) is 9.80. The monoisotopic (exact) mass is 317 g/mol. The van der Waals surface area contributed by atoms with E-state index in [1.165, 1.54) is 0 Å². The van der Waals surface area contributed by atoms with Gasteiger partial charge in [-0.2, -0.15) is 5.10 Å². The van der Waals surface area contributed by atoms with Gasteiger partial charge in [-0.1, -0.05) is 29.8 Å². The summed E-state index contributed by atoms with van der Waals surface area (Å²) in [6.45, 7) is 1.98. The number of aryl methyl sites for hydroxylation is 1. The summed E-state index contributed by atoms with van der Waals surface area (Å²) in [6.07, 6.45) is 0. The highest BCUT2D eigenvalue weighted by molar-refractivity contribution is 6.03. The van der Waals surface area contributed by atoms with E-state index in [-0.39, 0.29) is 5.91 Å². The van der Waals surface area contributed by atoms with Gasteiger partial charge in [0.1, 0.15) is 5.69 Å². The average molecular weight is 317 g/mol. The number of anilines is 1. The molecule has 0 spiro atoms. The Hall–Kier alpha value is -3.41. The third-order valence-electron chi connectivity index (χ3n) is 3.78. The van der Waals surface area contributed by atoms with E-state index in [9.17, 15) is 4.79 Å². The van der Waals surface area contributed by atoms with E-state index in [1.807, 2.05) is 43.3 Å². The molecule has 6 nitrogen and oxygen atoms in total. The van der Waals surface area contributed by atoms with Gasteiger partial charge in [-0.05, 0) is 31.2 Å². The number of nitrogens with zero attached hydrogens (tertiary/aromatic N) is 2. The molecule has 2 aromatic carbocycles. The predicted octanol–water partition coefficient (Wildman–Crippen LogP) is 3.51. The molecule has 0 aliphatic heterocycles. The molecule has 0 fully saturated rings. The van der Waals surface area contributed by atoms with Crippen molar-refractivity contribution in [3.05, 3.63) is 65.7 Å². The summed E-state index contributed by atoms with van der Waals surface area (Å²) in [7, 11) is 0. The first-order valence-electron chi connectivity index (χ1n) is 7.57. The summed E-state index contributed by atoms with van der Waals surface area (Å²) in [5.41, 5.74) is 4.25. The number of carbonyl (C=O) groups is 1. The average Bonchev–Trinajstić information content (AvgIpc) is 3.21. The largest absolute Gasteiger partial charge is 0.337 e. The van der Waals surface area contributed by atoms with Gasteiger partial charge in [0, 0.05) is 11.6 Å². The Kier molecular flexibility index (Phi) is 3.35. The number of aromatic amines is 2. The lowest BCUT2D eigenvalue weighted by molar-refractivity contribution is 0.102. The standard InChI is InChI=1S/C18H15N5O/c1-11-6-8-12(9-7-11)18(24)21-16-10-15(22-23-16)17-19-13-4-2-3-5-14(13)20-17/h2-10H,1H3,(H,19,20)(H2,21,22,23,24). The van der Waals surface area contributed by atoms with Crippen LogP contribution in [0.4, 0.5) is 5.82 Å². The van der Waals surface area contributed by atoms with E-state index in [0.717, 1.165) is 16.6 Å². The highest BCUT2D eigenvalue weighted by Crippen LogP contribution is 2.20. The van der Waals surface area contributed by atoms with Gasteiger partial charge in [-0.25, -0.2) is 4.98 Å². The van der Waals surface area contributed by atoms with Crippen LogP contribution in [0.1, 0.15) is 15.9 Å². The smallest absolute Gasteiger partial charge is 0.256 e. The topological polar surface area (TPSA) is 86.5 Å². The number of carbonyl (C=O) groups excluding carboxylic acids is 1. The SMILES string of the molecule is Cc1ccc(C(=O)Nc2cc(-c3nc4ccccc4[nH]3)[nH]n2)cc1. The van der Waals surface area contributed by atoms with Gasteiger partial charge in [-0.15, -0.1) is 0 Å². The number of para-hydroxylation sites is 2. The fraction of sp³-hybridized carbons (Fsp3) is 0.0556. The maximum atomic E-state index is 12.2. The number of amides is 1. The minimum Gasteiger partial charge on any atom is -0.337 e. The molecule has 2 heterocycles. The quantitative estimate of drug-likeness (QED) is 0.540. The van der Waals surface area contributed by atoms with Gasteiger partial charge < -0.3 is 10.3 Å². The summed E-state index contributed by atoms with van der Waals surface area (Å²) in [5.74, 6) is 0.938. The third kappa shape index (κ3) is 2.65. The van der Waals surface area contributed by atoms with E-state index in [1.54, 1.807) is 18.2 Å². The Morgan fingerprint density at radius 1 is 1.08 bits per heavy atom. The van der Waals surface area contributed by atoms with Gasteiger partial charge in [0.05, 0.1) is 11.0 Å². The van der Waals surface area contributed by atoms with E-state index in [4.69, 9.17) is 0 Å². The summed E-state index contributed by atoms with van der Waals surface area (Å²) >= 11 is 0. The lowest BCUT2D eigenvalue weighted by Crippen LogP contribution is -2.11. The van der Waals surface area contributed by atoms with Crippen molar-refractivity contribution in [1.29, 1.82) is 0 Å². The molecule has 24 heavy (non-hydrogen) atoms. The van der Waals surface area contributed by atoms with Crippen LogP contribution in [-0.2, 0) is 0 Å². The lowest BCUT2D eigenvalue weighted by atomic mass is 10.1. The predicted molar refractivity (Wildman–Crippen MR) is 92.8 cm³/mol. The molecular formula is C18H15N5O. The molecule has 2 aromatic heterocycles. The number of H-pyrrole nitrogens is 2. The van der Waals surface area contributed by atoms with Crippen LogP contribution in [-0.4, -0.2) is 26.1 Å². The van der Waals surface area contributed by atoms with E-state index >= 15 is 0 Å². The number of imidazole rings is 1. The minimum atomic E-state index is -0.197. The molecule has 1 amide bonds. The third-order valence-corrected chi connectivity index (χ3v) is 3.78. The fourth-order valence-electron chi connectivity index (χ4n) is 2.48. The van der Waals surface area contributed by atoms with Crippen molar-refractivity contribution in [2.75, 3.05) is 5.32 Å². The van der Waals surface area contributed by atoms with Gasteiger partial charge in [0.2, 0.25) is 0 Å². The van der Waals surface area contributed by atoms with Crippen molar-refractivity contribution in [2.45, 2.75) is 6.92 Å². The van der Waals surface area contributed by atoms with Gasteiger partial charge in [-0.3, -0.25) is 9.89 Å². The van der Waals surface area contributed by atoms with Gasteiger partial charge in [0.15, 0.2) is 11.6 Å². The first-order valence-corrected chi connectivity index (χ1v) is 7.57. The normalized spacial score (nSPS) is 10.9. The Morgan fingerprint density at radius 2 is 1.88 bits per heavy atom. The molecular weight excluding hydrogens is 302 g/mol. The van der Waals surface area contributed by atoms with Crippen LogP contribution in [0, 0.1) is 6.92 Å². The molecule has 0 atom stereocenters. The number of benzene rings is 2. The van der Waals surface area contributed by atoms with Crippen LogP contribution in [0.2, 0.25) is 0 Å². The second-order valence-electron chi connectivity index (χ2n) is 5.59. The molecule has 0 aliphatic carbocycles.